The Labute approximate surface area is 137 Å². The normalized spacial score (nSPS) is 13.5. The van der Waals surface area contributed by atoms with E-state index in [9.17, 15) is 5.11 Å². The lowest BCUT2D eigenvalue weighted by Crippen LogP contribution is -2.92. The zero-order chi connectivity index (χ0) is 16.5. The van der Waals surface area contributed by atoms with Crippen LogP contribution in [0.3, 0.4) is 0 Å². The number of aliphatic hydroxyl groups is 2. The fourth-order valence-corrected chi connectivity index (χ4v) is 2.35. The Morgan fingerprint density at radius 2 is 1.65 bits per heavy atom. The van der Waals surface area contributed by atoms with Crippen LogP contribution in [0.1, 0.15) is 13.3 Å². The largest absolute Gasteiger partial charge is 0.491 e. The Kier molecular flexibility index (Phi) is 7.07. The average Bonchev–Trinajstić information content (AvgIpc) is 2.62. The molecule has 0 bridgehead atoms. The van der Waals surface area contributed by atoms with Crippen LogP contribution < -0.4 is 10.1 Å². The van der Waals surface area contributed by atoms with Gasteiger partial charge in [0, 0.05) is 0 Å². The van der Waals surface area contributed by atoms with Gasteiger partial charge in [-0.1, -0.05) is 49.4 Å². The predicted molar refractivity (Wildman–Crippen MR) is 91.3 cm³/mol. The molecule has 4 N–H and O–H groups in total. The Morgan fingerprint density at radius 3 is 2.26 bits per heavy atom. The first-order valence-corrected chi connectivity index (χ1v) is 8.13. The molecule has 0 unspecified atom stereocenters. The van der Waals surface area contributed by atoms with E-state index in [2.05, 4.69) is 12.1 Å². The third-order valence-electron chi connectivity index (χ3n) is 3.90. The van der Waals surface area contributed by atoms with Crippen molar-refractivity contribution in [3.05, 3.63) is 54.6 Å². The van der Waals surface area contributed by atoms with E-state index in [1.54, 1.807) is 0 Å². The number of ether oxygens (including phenoxy) is 1. The third-order valence-corrected chi connectivity index (χ3v) is 3.90. The molecule has 0 radical (unpaired) electrons. The van der Waals surface area contributed by atoms with Crippen molar-refractivity contribution in [1.29, 1.82) is 0 Å². The van der Waals surface area contributed by atoms with Gasteiger partial charge in [-0.2, -0.15) is 0 Å². The van der Waals surface area contributed by atoms with E-state index in [1.807, 2.05) is 54.7 Å². The second kappa shape index (κ2) is 9.30. The molecule has 0 aromatic heterocycles. The Hall–Kier alpha value is -1.88. The van der Waals surface area contributed by atoms with Gasteiger partial charge in [0.2, 0.25) is 0 Å². The van der Waals surface area contributed by atoms with E-state index in [4.69, 9.17) is 9.84 Å². The van der Waals surface area contributed by atoms with Crippen LogP contribution in [0.4, 0.5) is 0 Å². The molecule has 0 saturated heterocycles. The van der Waals surface area contributed by atoms with Crippen molar-refractivity contribution >= 4 is 0 Å². The number of quaternary nitrogens is 1. The summed E-state index contributed by atoms with van der Waals surface area (Å²) in [5.41, 5.74) is 2.31. The van der Waals surface area contributed by atoms with E-state index in [1.165, 1.54) is 5.56 Å². The van der Waals surface area contributed by atoms with Crippen LogP contribution in [-0.4, -0.2) is 42.1 Å². The van der Waals surface area contributed by atoms with Gasteiger partial charge in [-0.3, -0.25) is 0 Å². The van der Waals surface area contributed by atoms with Gasteiger partial charge in [-0.05, 0) is 29.7 Å². The molecule has 0 spiro atoms. The molecule has 0 saturated carbocycles. The van der Waals surface area contributed by atoms with Crippen molar-refractivity contribution in [2.24, 2.45) is 0 Å². The summed E-state index contributed by atoms with van der Waals surface area (Å²) in [5, 5.41) is 21.0. The molecule has 2 atom stereocenters. The Bertz CT molecular complexity index is 553. The van der Waals surface area contributed by atoms with Crippen molar-refractivity contribution < 1.29 is 20.3 Å². The number of hydrogen-bond donors (Lipinski definition) is 3. The summed E-state index contributed by atoms with van der Waals surface area (Å²) in [7, 11) is 0. The summed E-state index contributed by atoms with van der Waals surface area (Å²) in [5.74, 6) is 0.748. The van der Waals surface area contributed by atoms with E-state index in [-0.39, 0.29) is 19.3 Å². The van der Waals surface area contributed by atoms with Gasteiger partial charge in [-0.15, -0.1) is 0 Å². The van der Waals surface area contributed by atoms with Gasteiger partial charge in [-0.25, -0.2) is 0 Å². The summed E-state index contributed by atoms with van der Waals surface area (Å²) >= 11 is 0. The highest BCUT2D eigenvalue weighted by atomic mass is 16.5. The van der Waals surface area contributed by atoms with E-state index in [0.29, 0.717) is 6.54 Å². The number of nitrogens with two attached hydrogens (primary N) is 1. The van der Waals surface area contributed by atoms with Crippen LogP contribution in [0.25, 0.3) is 11.1 Å². The standard InChI is InChI=1S/C19H25NO3/c1-2-17(13-21)20-12-18(22)14-23-19-10-8-16(9-11-19)15-6-4-3-5-7-15/h3-11,17-18,20-22H,2,12-14H2,1H3/p+1/t17-,18+/m1/s1. The SMILES string of the molecule is CC[C@H](CO)[NH2+]C[C@H](O)COc1ccc(-c2ccccc2)cc1. The Morgan fingerprint density at radius 1 is 1.00 bits per heavy atom. The summed E-state index contributed by atoms with van der Waals surface area (Å²) in [4.78, 5) is 0. The summed E-state index contributed by atoms with van der Waals surface area (Å²) in [6, 6.07) is 18.2. The molecular formula is C19H26NO3+. The lowest BCUT2D eigenvalue weighted by molar-refractivity contribution is -0.696. The summed E-state index contributed by atoms with van der Waals surface area (Å²) in [6.45, 7) is 2.93. The van der Waals surface area contributed by atoms with Gasteiger partial charge in [0.25, 0.3) is 0 Å². The second-order valence-corrected chi connectivity index (χ2v) is 5.68. The minimum atomic E-state index is -0.551. The molecule has 0 aliphatic carbocycles. The molecule has 4 heteroatoms. The number of aliphatic hydroxyl groups excluding tert-OH is 2. The summed E-state index contributed by atoms with van der Waals surface area (Å²) in [6.07, 6.45) is 0.329. The van der Waals surface area contributed by atoms with Crippen LogP contribution in [-0.2, 0) is 0 Å². The highest BCUT2D eigenvalue weighted by molar-refractivity contribution is 5.63. The molecule has 0 aliphatic rings. The smallest absolute Gasteiger partial charge is 0.137 e. The van der Waals surface area contributed by atoms with Crippen LogP contribution in [0, 0.1) is 0 Å². The fourth-order valence-electron chi connectivity index (χ4n) is 2.35. The first kappa shape index (κ1) is 17.5. The number of hydrogen-bond acceptors (Lipinski definition) is 3. The topological polar surface area (TPSA) is 66.3 Å². The van der Waals surface area contributed by atoms with Crippen LogP contribution in [0.15, 0.2) is 54.6 Å². The number of rotatable bonds is 9. The van der Waals surface area contributed by atoms with Gasteiger partial charge in [0.15, 0.2) is 0 Å². The van der Waals surface area contributed by atoms with E-state index >= 15 is 0 Å². The van der Waals surface area contributed by atoms with Crippen LogP contribution in [0.5, 0.6) is 5.75 Å². The highest BCUT2D eigenvalue weighted by Gasteiger charge is 2.12. The first-order chi connectivity index (χ1) is 11.2. The maximum Gasteiger partial charge on any atom is 0.137 e. The molecular weight excluding hydrogens is 290 g/mol. The van der Waals surface area contributed by atoms with E-state index in [0.717, 1.165) is 17.7 Å². The van der Waals surface area contributed by atoms with Crippen LogP contribution in [0.2, 0.25) is 0 Å². The molecule has 2 aromatic carbocycles. The van der Waals surface area contributed by atoms with Crippen LogP contribution >= 0.6 is 0 Å². The second-order valence-electron chi connectivity index (χ2n) is 5.68. The predicted octanol–water partition coefficient (Wildman–Crippen LogP) is 1.43. The maximum absolute atomic E-state index is 9.95. The Balaban J connectivity index is 1.80. The van der Waals surface area contributed by atoms with E-state index < -0.39 is 6.10 Å². The molecule has 2 aromatic rings. The maximum atomic E-state index is 9.95. The van der Waals surface area contributed by atoms with Gasteiger partial charge in [0.1, 0.15) is 31.0 Å². The molecule has 4 nitrogen and oxygen atoms in total. The molecule has 23 heavy (non-hydrogen) atoms. The zero-order valence-corrected chi connectivity index (χ0v) is 13.6. The molecule has 0 aliphatic heterocycles. The van der Waals surface area contributed by atoms with Gasteiger partial charge in [0.05, 0.1) is 6.61 Å². The molecule has 0 fully saturated rings. The first-order valence-electron chi connectivity index (χ1n) is 8.13. The van der Waals surface area contributed by atoms with Crippen molar-refractivity contribution in [3.63, 3.8) is 0 Å². The third kappa shape index (κ3) is 5.67. The lowest BCUT2D eigenvalue weighted by atomic mass is 10.1. The molecule has 124 valence electrons. The fraction of sp³-hybridized carbons (Fsp3) is 0.368. The monoisotopic (exact) mass is 316 g/mol. The van der Waals surface area contributed by atoms with Crippen molar-refractivity contribution in [2.75, 3.05) is 19.8 Å². The quantitative estimate of drug-likeness (QED) is 0.656. The number of benzene rings is 2. The molecule has 0 amide bonds. The molecule has 2 rings (SSSR count). The van der Waals surface area contributed by atoms with Gasteiger partial charge < -0.3 is 20.3 Å². The highest BCUT2D eigenvalue weighted by Crippen LogP contribution is 2.21. The van der Waals surface area contributed by atoms with Crippen molar-refractivity contribution in [1.82, 2.24) is 0 Å². The zero-order valence-electron chi connectivity index (χ0n) is 13.6. The average molecular weight is 316 g/mol. The summed E-state index contributed by atoms with van der Waals surface area (Å²) < 4.78 is 5.63. The lowest BCUT2D eigenvalue weighted by Gasteiger charge is -2.15. The molecule has 0 heterocycles. The van der Waals surface area contributed by atoms with Gasteiger partial charge >= 0.3 is 0 Å². The minimum absolute atomic E-state index is 0.130. The van der Waals surface area contributed by atoms with Crippen molar-refractivity contribution in [2.45, 2.75) is 25.5 Å². The minimum Gasteiger partial charge on any atom is -0.491 e. The van der Waals surface area contributed by atoms with Crippen molar-refractivity contribution in [3.8, 4) is 16.9 Å².